The summed E-state index contributed by atoms with van der Waals surface area (Å²) in [5, 5.41) is 3.40. The van der Waals surface area contributed by atoms with Crippen LogP contribution < -0.4 is 15.0 Å². The van der Waals surface area contributed by atoms with Crippen molar-refractivity contribution in [2.75, 3.05) is 17.3 Å². The van der Waals surface area contributed by atoms with Gasteiger partial charge in [0.1, 0.15) is 5.75 Å². The topological polar surface area (TPSA) is 58.6 Å². The number of fused-ring (bicyclic) bond motifs is 1. The van der Waals surface area contributed by atoms with Gasteiger partial charge in [-0.1, -0.05) is 17.7 Å². The maximum absolute atomic E-state index is 12.4. The average molecular weight is 345 g/mol. The molecule has 0 aromatic heterocycles. The molecule has 0 fully saturated rings. The van der Waals surface area contributed by atoms with Crippen LogP contribution in [0.4, 0.5) is 11.4 Å². The normalized spacial score (nSPS) is 16.4. The van der Waals surface area contributed by atoms with E-state index in [2.05, 4.69) is 5.32 Å². The minimum Gasteiger partial charge on any atom is -0.479 e. The maximum Gasteiger partial charge on any atom is 0.267 e. The summed E-state index contributed by atoms with van der Waals surface area (Å²) in [4.78, 5) is 25.9. The summed E-state index contributed by atoms with van der Waals surface area (Å²) in [7, 11) is 1.69. The number of hydrogen-bond acceptors (Lipinski definition) is 3. The Morgan fingerprint density at radius 2 is 2.00 bits per heavy atom. The highest BCUT2D eigenvalue weighted by Gasteiger charge is 2.29. The van der Waals surface area contributed by atoms with E-state index in [4.69, 9.17) is 16.3 Å². The summed E-state index contributed by atoms with van der Waals surface area (Å²) < 4.78 is 5.60. The van der Waals surface area contributed by atoms with Gasteiger partial charge in [-0.2, -0.15) is 0 Å². The highest BCUT2D eigenvalue weighted by Crippen LogP contribution is 2.34. The van der Waals surface area contributed by atoms with E-state index >= 15 is 0 Å². The second-order valence-electron chi connectivity index (χ2n) is 5.76. The van der Waals surface area contributed by atoms with Crippen molar-refractivity contribution in [1.82, 2.24) is 0 Å². The van der Waals surface area contributed by atoms with Crippen molar-refractivity contribution in [2.24, 2.45) is 0 Å². The molecule has 1 N–H and O–H groups in total. The summed E-state index contributed by atoms with van der Waals surface area (Å²) in [5.74, 6) is 0.127. The van der Waals surface area contributed by atoms with Crippen LogP contribution in [0.3, 0.4) is 0 Å². The van der Waals surface area contributed by atoms with E-state index in [0.29, 0.717) is 27.7 Å². The first-order valence-electron chi connectivity index (χ1n) is 7.52. The molecule has 0 spiro atoms. The van der Waals surface area contributed by atoms with Gasteiger partial charge in [-0.3, -0.25) is 9.59 Å². The molecule has 2 amide bonds. The number of carbonyl (C=O) groups excluding carboxylic acids is 2. The van der Waals surface area contributed by atoms with Crippen LogP contribution in [0.2, 0.25) is 5.02 Å². The van der Waals surface area contributed by atoms with Gasteiger partial charge in [-0.05, 0) is 49.7 Å². The molecule has 1 atom stereocenters. The number of amides is 2. The second kappa shape index (κ2) is 6.17. The van der Waals surface area contributed by atoms with E-state index in [-0.39, 0.29) is 11.8 Å². The summed E-state index contributed by atoms with van der Waals surface area (Å²) in [6, 6.07) is 10.3. The molecule has 0 aliphatic carbocycles. The van der Waals surface area contributed by atoms with Gasteiger partial charge in [-0.15, -0.1) is 0 Å². The third-order valence-corrected chi connectivity index (χ3v) is 4.40. The fourth-order valence-electron chi connectivity index (χ4n) is 2.53. The van der Waals surface area contributed by atoms with Crippen molar-refractivity contribution in [3.63, 3.8) is 0 Å². The fraction of sp³-hybridized carbons (Fsp3) is 0.222. The standard InChI is InChI=1S/C18H17ClN2O3/c1-10-4-6-13(9-14(10)19)20-17(22)12-5-7-15-16(8-12)24-11(2)18(23)21(15)3/h4-9,11H,1-3H3,(H,20,22). The summed E-state index contributed by atoms with van der Waals surface area (Å²) in [6.45, 7) is 3.58. The third-order valence-electron chi connectivity index (χ3n) is 4.00. The number of carbonyl (C=O) groups is 2. The largest absolute Gasteiger partial charge is 0.479 e. The average Bonchev–Trinajstić information content (AvgIpc) is 2.55. The van der Waals surface area contributed by atoms with Gasteiger partial charge in [0.25, 0.3) is 11.8 Å². The fourth-order valence-corrected chi connectivity index (χ4v) is 2.71. The van der Waals surface area contributed by atoms with Crippen molar-refractivity contribution in [3.05, 3.63) is 52.5 Å². The molecule has 0 saturated carbocycles. The van der Waals surface area contributed by atoms with Gasteiger partial charge in [0, 0.05) is 23.3 Å². The van der Waals surface area contributed by atoms with E-state index in [1.807, 2.05) is 13.0 Å². The highest BCUT2D eigenvalue weighted by atomic mass is 35.5. The van der Waals surface area contributed by atoms with E-state index in [9.17, 15) is 9.59 Å². The minimum absolute atomic E-state index is 0.117. The monoisotopic (exact) mass is 344 g/mol. The first-order chi connectivity index (χ1) is 11.4. The molecule has 1 aliphatic heterocycles. The zero-order valence-electron chi connectivity index (χ0n) is 13.6. The smallest absolute Gasteiger partial charge is 0.267 e. The molecule has 0 saturated heterocycles. The molecule has 5 nitrogen and oxygen atoms in total. The first-order valence-corrected chi connectivity index (χ1v) is 7.90. The Kier molecular flexibility index (Phi) is 4.20. The molecule has 24 heavy (non-hydrogen) atoms. The molecular formula is C18H17ClN2O3. The van der Waals surface area contributed by atoms with Crippen LogP contribution in [0.15, 0.2) is 36.4 Å². The number of hydrogen-bond donors (Lipinski definition) is 1. The van der Waals surface area contributed by atoms with Crippen LogP contribution in [0.5, 0.6) is 5.75 Å². The van der Waals surface area contributed by atoms with E-state index in [1.54, 1.807) is 44.3 Å². The van der Waals surface area contributed by atoms with Crippen molar-refractivity contribution in [1.29, 1.82) is 0 Å². The van der Waals surface area contributed by atoms with Gasteiger partial charge < -0.3 is 15.0 Å². The molecule has 2 aromatic carbocycles. The number of likely N-dealkylation sites (N-methyl/N-ethyl adjacent to an activating group) is 1. The molecule has 1 heterocycles. The van der Waals surface area contributed by atoms with Gasteiger partial charge in [0.15, 0.2) is 6.10 Å². The van der Waals surface area contributed by atoms with Crippen LogP contribution in [0.25, 0.3) is 0 Å². The molecule has 1 aliphatic rings. The van der Waals surface area contributed by atoms with Crippen LogP contribution >= 0.6 is 11.6 Å². The number of aryl methyl sites for hydroxylation is 1. The Hall–Kier alpha value is -2.53. The Morgan fingerprint density at radius 1 is 1.25 bits per heavy atom. The number of rotatable bonds is 2. The molecule has 0 bridgehead atoms. The molecule has 124 valence electrons. The first kappa shape index (κ1) is 16.3. The van der Waals surface area contributed by atoms with Gasteiger partial charge in [0.2, 0.25) is 0 Å². The zero-order chi connectivity index (χ0) is 17.4. The lowest BCUT2D eigenvalue weighted by atomic mass is 10.1. The van der Waals surface area contributed by atoms with E-state index in [1.165, 1.54) is 4.90 Å². The number of ether oxygens (including phenoxy) is 1. The second-order valence-corrected chi connectivity index (χ2v) is 6.17. The number of anilines is 2. The molecular weight excluding hydrogens is 328 g/mol. The van der Waals surface area contributed by atoms with Crippen molar-refractivity contribution in [2.45, 2.75) is 20.0 Å². The third kappa shape index (κ3) is 2.95. The quantitative estimate of drug-likeness (QED) is 0.904. The van der Waals surface area contributed by atoms with Crippen molar-refractivity contribution < 1.29 is 14.3 Å². The molecule has 3 rings (SSSR count). The lowest BCUT2D eigenvalue weighted by Crippen LogP contribution is -2.42. The molecule has 1 unspecified atom stereocenters. The SMILES string of the molecule is Cc1ccc(NC(=O)c2ccc3c(c2)OC(C)C(=O)N3C)cc1Cl. The van der Waals surface area contributed by atoms with Crippen LogP contribution in [-0.2, 0) is 4.79 Å². The number of nitrogens with zero attached hydrogens (tertiary/aromatic N) is 1. The highest BCUT2D eigenvalue weighted by molar-refractivity contribution is 6.31. The Balaban J connectivity index is 1.85. The predicted molar refractivity (Wildman–Crippen MR) is 94.1 cm³/mol. The number of benzene rings is 2. The van der Waals surface area contributed by atoms with Crippen LogP contribution in [0.1, 0.15) is 22.8 Å². The molecule has 0 radical (unpaired) electrons. The van der Waals surface area contributed by atoms with Crippen molar-refractivity contribution >= 4 is 34.8 Å². The summed E-state index contributed by atoms with van der Waals surface area (Å²) >= 11 is 6.08. The maximum atomic E-state index is 12.4. The van der Waals surface area contributed by atoms with Crippen LogP contribution in [0, 0.1) is 6.92 Å². The predicted octanol–water partition coefficient (Wildman–Crippen LogP) is 3.64. The molecule has 2 aromatic rings. The van der Waals surface area contributed by atoms with E-state index < -0.39 is 6.10 Å². The Bertz CT molecular complexity index is 835. The molecule has 6 heteroatoms. The van der Waals surface area contributed by atoms with Crippen molar-refractivity contribution in [3.8, 4) is 5.75 Å². The van der Waals surface area contributed by atoms with Gasteiger partial charge in [0.05, 0.1) is 5.69 Å². The lowest BCUT2D eigenvalue weighted by molar-refractivity contribution is -0.125. The minimum atomic E-state index is -0.572. The van der Waals surface area contributed by atoms with E-state index in [0.717, 1.165) is 5.56 Å². The number of halogens is 1. The Morgan fingerprint density at radius 3 is 2.71 bits per heavy atom. The summed E-state index contributed by atoms with van der Waals surface area (Å²) in [6.07, 6.45) is -0.572. The van der Waals surface area contributed by atoms with Gasteiger partial charge >= 0.3 is 0 Å². The number of nitrogens with one attached hydrogen (secondary N) is 1. The zero-order valence-corrected chi connectivity index (χ0v) is 14.3. The van der Waals surface area contributed by atoms with Gasteiger partial charge in [-0.25, -0.2) is 0 Å². The lowest BCUT2D eigenvalue weighted by Gasteiger charge is -2.30. The van der Waals surface area contributed by atoms with Crippen LogP contribution in [-0.4, -0.2) is 25.0 Å². The summed E-state index contributed by atoms with van der Waals surface area (Å²) in [5.41, 5.74) is 2.65. The Labute approximate surface area is 145 Å².